The lowest BCUT2D eigenvalue weighted by Gasteiger charge is -2.19. The fourth-order valence-electron chi connectivity index (χ4n) is 10.2. The first kappa shape index (κ1) is 51.0. The maximum atomic E-state index is 14.5. The molecule has 0 radical (unpaired) electrons. The quantitative estimate of drug-likeness (QED) is 0.149. The number of nitriles is 1. The second-order valence-corrected chi connectivity index (χ2v) is 18.7. The van der Waals surface area contributed by atoms with Gasteiger partial charge in [-0.1, -0.05) is 91.0 Å². The summed E-state index contributed by atoms with van der Waals surface area (Å²) < 4.78 is 176. The third-order valence-electron chi connectivity index (χ3n) is 13.9. The molecule has 0 saturated carbocycles. The summed E-state index contributed by atoms with van der Waals surface area (Å²) in [5.41, 5.74) is -0.680. The number of benzene rings is 9. The Labute approximate surface area is 444 Å². The van der Waals surface area contributed by atoms with Gasteiger partial charge in [-0.2, -0.15) is 57.9 Å². The van der Waals surface area contributed by atoms with E-state index in [9.17, 15) is 57.9 Å². The van der Waals surface area contributed by atoms with Gasteiger partial charge in [0.15, 0.2) is 17.5 Å². The van der Waals surface area contributed by atoms with Gasteiger partial charge in [-0.3, -0.25) is 0 Å². The van der Waals surface area contributed by atoms with Crippen molar-refractivity contribution in [3.63, 3.8) is 0 Å². The molecule has 0 spiro atoms. The van der Waals surface area contributed by atoms with E-state index in [0.717, 1.165) is 60.7 Å². The molecule has 12 rings (SSSR count). The minimum Gasteiger partial charge on any atom is -0.309 e. The van der Waals surface area contributed by atoms with Crippen molar-refractivity contribution in [2.45, 2.75) is 24.7 Å². The van der Waals surface area contributed by atoms with Crippen LogP contribution in [-0.2, 0) is 24.7 Å². The molecule has 0 aliphatic heterocycles. The van der Waals surface area contributed by atoms with Crippen molar-refractivity contribution in [1.29, 1.82) is 5.26 Å². The van der Waals surface area contributed by atoms with E-state index in [4.69, 9.17) is 15.0 Å². The van der Waals surface area contributed by atoms with Crippen LogP contribution < -0.4 is 0 Å². The van der Waals surface area contributed by atoms with Crippen molar-refractivity contribution in [2.75, 3.05) is 0 Å². The van der Waals surface area contributed by atoms with Gasteiger partial charge in [0.2, 0.25) is 0 Å². The number of rotatable bonds is 7. The fourth-order valence-corrected chi connectivity index (χ4v) is 10.2. The molecule has 0 aliphatic rings. The summed E-state index contributed by atoms with van der Waals surface area (Å²) in [7, 11) is 0. The number of halogens is 12. The van der Waals surface area contributed by atoms with Crippen LogP contribution in [0.15, 0.2) is 194 Å². The second-order valence-electron chi connectivity index (χ2n) is 18.7. The van der Waals surface area contributed by atoms with Crippen molar-refractivity contribution >= 4 is 43.6 Å². The molecule has 0 bridgehead atoms. The first-order valence-corrected chi connectivity index (χ1v) is 24.3. The summed E-state index contributed by atoms with van der Waals surface area (Å²) in [5, 5.41) is 9.64. The molecule has 80 heavy (non-hydrogen) atoms. The number of alkyl halides is 12. The van der Waals surface area contributed by atoms with E-state index < -0.39 is 47.0 Å². The van der Waals surface area contributed by atoms with Crippen LogP contribution in [0.4, 0.5) is 52.7 Å². The van der Waals surface area contributed by atoms with Gasteiger partial charge in [-0.25, -0.2) is 15.0 Å². The van der Waals surface area contributed by atoms with Gasteiger partial charge in [0, 0.05) is 43.8 Å². The van der Waals surface area contributed by atoms with E-state index >= 15 is 0 Å². The third-order valence-corrected chi connectivity index (χ3v) is 13.9. The third kappa shape index (κ3) is 8.99. The van der Waals surface area contributed by atoms with E-state index in [-0.39, 0.29) is 83.6 Å². The Hall–Kier alpha value is -9.76. The van der Waals surface area contributed by atoms with Crippen molar-refractivity contribution in [3.05, 3.63) is 222 Å². The Morgan fingerprint density at radius 1 is 0.312 bits per heavy atom. The second kappa shape index (κ2) is 18.7. The Morgan fingerprint density at radius 2 is 0.650 bits per heavy atom. The highest BCUT2D eigenvalue weighted by Crippen LogP contribution is 2.46. The molecular weight excluding hydrogens is 1060 g/mol. The van der Waals surface area contributed by atoms with Crippen molar-refractivity contribution < 1.29 is 52.7 Å². The number of hydrogen-bond acceptors (Lipinski definition) is 4. The molecule has 0 N–H and O–H groups in total. The Bertz CT molecular complexity index is 4290. The van der Waals surface area contributed by atoms with E-state index in [2.05, 4.69) is 6.07 Å². The predicted octanol–water partition coefficient (Wildman–Crippen LogP) is 18.3. The highest BCUT2D eigenvalue weighted by molar-refractivity contribution is 6.12. The standard InChI is InChI=1S/C62H32F12N6/c63-59(64,65)39-17-23-51-45(29-39)46-30-40(60(66,67)68)18-24-52(46)79(51)50-21-15-36(43-14-8-7-13-38(43)33-75)27-44(50)37-16-22-55(49(28-37)58-77-56(34-9-3-1-4-10-34)76-57(78-58)35-11-5-2-6-12-35)80-53-25-19-41(61(69,70)71)31-47(53)48-32-42(62(72,73)74)20-26-54(48)80/h1-32H. The van der Waals surface area contributed by atoms with E-state index in [1.165, 1.54) is 21.3 Å². The zero-order valence-corrected chi connectivity index (χ0v) is 40.7. The van der Waals surface area contributed by atoms with Crippen molar-refractivity contribution in [2.24, 2.45) is 0 Å². The van der Waals surface area contributed by atoms with E-state index in [1.807, 2.05) is 0 Å². The minimum absolute atomic E-state index is 0.0212. The average molecular weight is 1090 g/mol. The normalized spacial score (nSPS) is 12.5. The van der Waals surface area contributed by atoms with Gasteiger partial charge in [0.1, 0.15) is 0 Å². The van der Waals surface area contributed by atoms with Crippen molar-refractivity contribution in [1.82, 2.24) is 24.1 Å². The van der Waals surface area contributed by atoms with E-state index in [0.29, 0.717) is 33.4 Å². The fraction of sp³-hybridized carbons (Fsp3) is 0.0645. The summed E-state index contributed by atoms with van der Waals surface area (Å²) >= 11 is 0. The molecule has 0 aliphatic carbocycles. The molecule has 0 fully saturated rings. The highest BCUT2D eigenvalue weighted by atomic mass is 19.4. The van der Waals surface area contributed by atoms with Crippen LogP contribution in [0.3, 0.4) is 0 Å². The highest BCUT2D eigenvalue weighted by Gasteiger charge is 2.36. The van der Waals surface area contributed by atoms with Gasteiger partial charge in [-0.15, -0.1) is 0 Å². The van der Waals surface area contributed by atoms with Crippen LogP contribution in [0.25, 0.3) is 111 Å². The first-order valence-electron chi connectivity index (χ1n) is 24.3. The summed E-state index contributed by atoms with van der Waals surface area (Å²) in [6, 6.07) is 47.3. The lowest BCUT2D eigenvalue weighted by molar-refractivity contribution is -0.138. The topological polar surface area (TPSA) is 72.3 Å². The molecular formula is C62H32F12N6. The number of hydrogen-bond donors (Lipinski definition) is 0. The van der Waals surface area contributed by atoms with E-state index in [1.54, 1.807) is 121 Å². The molecule has 18 heteroatoms. The number of aromatic nitrogens is 5. The zero-order valence-electron chi connectivity index (χ0n) is 40.7. The van der Waals surface area contributed by atoms with Crippen LogP contribution in [0.1, 0.15) is 27.8 Å². The zero-order chi connectivity index (χ0) is 56.0. The van der Waals surface area contributed by atoms with Crippen molar-refractivity contribution in [3.8, 4) is 73.9 Å². The van der Waals surface area contributed by atoms with Crippen LogP contribution in [0.2, 0.25) is 0 Å². The molecule has 12 aromatic rings. The number of fused-ring (bicyclic) bond motifs is 6. The minimum atomic E-state index is -4.89. The van der Waals surface area contributed by atoms with Crippen LogP contribution in [0.5, 0.6) is 0 Å². The van der Waals surface area contributed by atoms with Crippen LogP contribution >= 0.6 is 0 Å². The lowest BCUT2D eigenvalue weighted by atomic mass is 9.93. The molecule has 0 atom stereocenters. The summed E-state index contributed by atoms with van der Waals surface area (Å²) in [4.78, 5) is 14.8. The molecule has 0 saturated heterocycles. The Morgan fingerprint density at radius 3 is 1.04 bits per heavy atom. The molecule has 9 aromatic carbocycles. The van der Waals surface area contributed by atoms with Gasteiger partial charge in [0.05, 0.1) is 67.3 Å². The summed E-state index contributed by atoms with van der Waals surface area (Å²) in [5.74, 6) is 0.331. The Kier molecular flexibility index (Phi) is 11.9. The molecule has 0 amide bonds. The summed E-state index contributed by atoms with van der Waals surface area (Å²) in [6.45, 7) is 0. The molecule has 3 aromatic heterocycles. The van der Waals surface area contributed by atoms with Gasteiger partial charge in [-0.05, 0) is 120 Å². The monoisotopic (exact) mass is 1090 g/mol. The van der Waals surface area contributed by atoms with Crippen LogP contribution in [-0.4, -0.2) is 24.1 Å². The smallest absolute Gasteiger partial charge is 0.309 e. The van der Waals surface area contributed by atoms with Gasteiger partial charge >= 0.3 is 24.7 Å². The maximum Gasteiger partial charge on any atom is 0.416 e. The predicted molar refractivity (Wildman–Crippen MR) is 280 cm³/mol. The molecule has 394 valence electrons. The average Bonchev–Trinajstić information content (AvgIpc) is 4.09. The van der Waals surface area contributed by atoms with Gasteiger partial charge in [0.25, 0.3) is 0 Å². The Balaban J connectivity index is 1.21. The molecule has 0 unspecified atom stereocenters. The first-order chi connectivity index (χ1) is 38.1. The number of nitrogens with zero attached hydrogens (tertiary/aromatic N) is 6. The lowest BCUT2D eigenvalue weighted by Crippen LogP contribution is -2.06. The SMILES string of the molecule is N#Cc1ccccc1-c1ccc(-n2c3ccc(C(F)(F)F)cc3c3cc(C(F)(F)F)ccc32)c(-c2ccc(-n3c4ccc(C(F)(F)F)cc4c4cc(C(F)(F)F)ccc43)c(-c3nc(-c4ccccc4)nc(-c4ccccc4)n3)c2)c1. The largest absolute Gasteiger partial charge is 0.416 e. The van der Waals surface area contributed by atoms with Crippen LogP contribution in [0, 0.1) is 11.3 Å². The molecule has 3 heterocycles. The van der Waals surface area contributed by atoms with Gasteiger partial charge < -0.3 is 9.13 Å². The molecule has 6 nitrogen and oxygen atoms in total. The maximum absolute atomic E-state index is 14.5. The summed E-state index contributed by atoms with van der Waals surface area (Å²) in [6.07, 6.45) is -19.5.